The number of aromatic hydroxyl groups is 1. The summed E-state index contributed by atoms with van der Waals surface area (Å²) in [4.78, 5) is 18.1. The average Bonchev–Trinajstić information content (AvgIpc) is 3.47. The smallest absolute Gasteiger partial charge is 0.263 e. The fraction of sp³-hybridized carbons (Fsp3) is 0.133. The number of aromatic amines is 1. The minimum Gasteiger partial charge on any atom is -0.497 e. The van der Waals surface area contributed by atoms with Crippen molar-refractivity contribution in [1.29, 1.82) is 0 Å². The van der Waals surface area contributed by atoms with Gasteiger partial charge in [0.15, 0.2) is 5.65 Å². The SMILES string of the molecule is COc1ccc(Cn2[nH]c(-c3cccc(N=S)c3)c3c4c(O)n(CCc5ccccc5)c(=O)c4cnc32)cc1. The summed E-state index contributed by atoms with van der Waals surface area (Å²) >= 11 is 4.93. The van der Waals surface area contributed by atoms with Gasteiger partial charge in [0, 0.05) is 30.7 Å². The standard InChI is InChI=1S/C30H25N5O3S/c1-38-23-12-10-20(11-13-23)18-35-28-26(27(32-35)21-8-5-9-22(16-21)33-39)25-24(17-31-28)29(36)34(30(25)37)15-14-19-6-3-2-4-7-19/h2-13,16-17,32,37H,14-15,18H2,1H3. The lowest BCUT2D eigenvalue weighted by molar-refractivity contribution is 0.414. The molecule has 0 unspecified atom stereocenters. The molecule has 8 nitrogen and oxygen atoms in total. The molecular formula is C30H25N5O3S. The van der Waals surface area contributed by atoms with Gasteiger partial charge >= 0.3 is 0 Å². The number of aryl methyl sites for hydroxylation is 1. The Kier molecular flexibility index (Phi) is 6.42. The first-order valence-electron chi connectivity index (χ1n) is 12.5. The summed E-state index contributed by atoms with van der Waals surface area (Å²) in [7, 11) is 1.63. The van der Waals surface area contributed by atoms with Crippen LogP contribution in [0.1, 0.15) is 11.1 Å². The number of methoxy groups -OCH3 is 1. The molecule has 39 heavy (non-hydrogen) atoms. The molecule has 9 heteroatoms. The number of rotatable bonds is 8. The first-order valence-corrected chi connectivity index (χ1v) is 12.9. The largest absolute Gasteiger partial charge is 0.497 e. The molecule has 2 N–H and O–H groups in total. The van der Waals surface area contributed by atoms with Gasteiger partial charge < -0.3 is 9.84 Å². The van der Waals surface area contributed by atoms with Crippen LogP contribution in [0.4, 0.5) is 5.69 Å². The number of benzene rings is 3. The summed E-state index contributed by atoms with van der Waals surface area (Å²) in [6, 6.07) is 25.2. The van der Waals surface area contributed by atoms with E-state index in [1.807, 2.05) is 83.5 Å². The first-order chi connectivity index (χ1) is 19.1. The van der Waals surface area contributed by atoms with Crippen LogP contribution in [0.25, 0.3) is 33.1 Å². The van der Waals surface area contributed by atoms with E-state index in [-0.39, 0.29) is 11.4 Å². The van der Waals surface area contributed by atoms with E-state index in [9.17, 15) is 9.90 Å². The lowest BCUT2D eigenvalue weighted by atomic mass is 10.1. The molecule has 0 radical (unpaired) electrons. The zero-order valence-electron chi connectivity index (χ0n) is 21.2. The van der Waals surface area contributed by atoms with Gasteiger partial charge in [0.2, 0.25) is 5.88 Å². The molecule has 3 aromatic carbocycles. The molecule has 194 valence electrons. The van der Waals surface area contributed by atoms with E-state index in [1.165, 1.54) is 4.57 Å². The second-order valence-corrected chi connectivity index (χ2v) is 9.51. The number of fused-ring (bicyclic) bond motifs is 3. The molecule has 0 atom stereocenters. The highest BCUT2D eigenvalue weighted by atomic mass is 32.1. The van der Waals surface area contributed by atoms with Crippen LogP contribution in [0.3, 0.4) is 0 Å². The van der Waals surface area contributed by atoms with Crippen molar-refractivity contribution >= 4 is 39.9 Å². The highest BCUT2D eigenvalue weighted by Gasteiger charge is 2.23. The minimum atomic E-state index is -0.268. The Hall–Kier alpha value is -4.76. The second-order valence-electron chi connectivity index (χ2n) is 9.32. The monoisotopic (exact) mass is 535 g/mol. The van der Waals surface area contributed by atoms with Crippen molar-refractivity contribution in [1.82, 2.24) is 19.3 Å². The Bertz CT molecular complexity index is 1870. The maximum absolute atomic E-state index is 13.4. The van der Waals surface area contributed by atoms with Crippen LogP contribution in [-0.2, 0) is 31.9 Å². The molecule has 0 spiro atoms. The van der Waals surface area contributed by atoms with Crippen LogP contribution >= 0.6 is 0 Å². The van der Waals surface area contributed by atoms with Crippen LogP contribution in [0.15, 0.2) is 94.2 Å². The molecule has 0 bridgehead atoms. The van der Waals surface area contributed by atoms with Crippen molar-refractivity contribution in [3.63, 3.8) is 0 Å². The van der Waals surface area contributed by atoms with E-state index >= 15 is 0 Å². The van der Waals surface area contributed by atoms with Gasteiger partial charge in [0.1, 0.15) is 5.75 Å². The third-order valence-corrected chi connectivity index (χ3v) is 7.18. The van der Waals surface area contributed by atoms with Gasteiger partial charge in [-0.25, -0.2) is 4.98 Å². The van der Waals surface area contributed by atoms with E-state index in [0.717, 1.165) is 22.4 Å². The predicted octanol–water partition coefficient (Wildman–Crippen LogP) is 5.71. The lowest BCUT2D eigenvalue weighted by Crippen LogP contribution is -2.16. The fourth-order valence-electron chi connectivity index (χ4n) is 5.01. The molecule has 0 aliphatic rings. The lowest BCUT2D eigenvalue weighted by Gasteiger charge is -2.06. The fourth-order valence-corrected chi connectivity index (χ4v) is 5.12. The Labute approximate surface area is 229 Å². The van der Waals surface area contributed by atoms with Gasteiger partial charge in [0.25, 0.3) is 5.56 Å². The third-order valence-electron chi connectivity index (χ3n) is 6.97. The normalized spacial score (nSPS) is 11.3. The zero-order valence-corrected chi connectivity index (χ0v) is 22.0. The molecule has 0 fully saturated rings. The summed E-state index contributed by atoms with van der Waals surface area (Å²) in [5, 5.41) is 16.4. The van der Waals surface area contributed by atoms with E-state index < -0.39 is 0 Å². The van der Waals surface area contributed by atoms with Crippen molar-refractivity contribution in [2.75, 3.05) is 7.11 Å². The van der Waals surface area contributed by atoms with Gasteiger partial charge in [0.05, 0.1) is 41.2 Å². The number of aromatic nitrogens is 4. The number of nitrogens with one attached hydrogen (secondary N) is 1. The van der Waals surface area contributed by atoms with Crippen LogP contribution in [0, 0.1) is 0 Å². The highest BCUT2D eigenvalue weighted by molar-refractivity contribution is 7.47. The van der Waals surface area contributed by atoms with Gasteiger partial charge in [-0.15, -0.1) is 0 Å². The number of pyridine rings is 1. The second kappa shape index (κ2) is 10.2. The van der Waals surface area contributed by atoms with Crippen LogP contribution < -0.4 is 10.3 Å². The number of H-pyrrole nitrogens is 1. The Morgan fingerprint density at radius 1 is 1.00 bits per heavy atom. The van der Waals surface area contributed by atoms with Gasteiger partial charge in [-0.2, -0.15) is 4.36 Å². The predicted molar refractivity (Wildman–Crippen MR) is 155 cm³/mol. The molecule has 6 rings (SSSR count). The van der Waals surface area contributed by atoms with Crippen LogP contribution in [0.5, 0.6) is 11.6 Å². The molecule has 0 amide bonds. The average molecular weight is 536 g/mol. The number of ether oxygens (including phenoxy) is 1. The van der Waals surface area contributed by atoms with Crippen molar-refractivity contribution < 1.29 is 9.84 Å². The number of nitrogens with zero attached hydrogens (tertiary/aromatic N) is 4. The molecule has 6 aromatic rings. The summed E-state index contributed by atoms with van der Waals surface area (Å²) in [5.41, 5.74) is 4.63. The molecule has 0 aliphatic heterocycles. The molecule has 0 aliphatic carbocycles. The van der Waals surface area contributed by atoms with E-state index in [1.54, 1.807) is 13.3 Å². The van der Waals surface area contributed by atoms with Crippen molar-refractivity contribution in [3.05, 3.63) is 107 Å². The zero-order chi connectivity index (χ0) is 26.9. The Balaban J connectivity index is 1.54. The van der Waals surface area contributed by atoms with Crippen LogP contribution in [0.2, 0.25) is 0 Å². The summed E-state index contributed by atoms with van der Waals surface area (Å²) < 4.78 is 12.5. The molecule has 0 saturated carbocycles. The van der Waals surface area contributed by atoms with E-state index in [0.29, 0.717) is 52.7 Å². The quantitative estimate of drug-likeness (QED) is 0.260. The van der Waals surface area contributed by atoms with E-state index in [2.05, 4.69) is 9.46 Å². The Morgan fingerprint density at radius 2 is 1.79 bits per heavy atom. The number of hydrogen-bond acceptors (Lipinski definition) is 6. The summed E-state index contributed by atoms with van der Waals surface area (Å²) in [6.45, 7) is 0.838. The maximum Gasteiger partial charge on any atom is 0.263 e. The number of hydrogen-bond donors (Lipinski definition) is 2. The molecule has 0 saturated heterocycles. The van der Waals surface area contributed by atoms with Crippen molar-refractivity contribution in [2.45, 2.75) is 19.5 Å². The minimum absolute atomic E-state index is 0.0701. The van der Waals surface area contributed by atoms with Crippen molar-refractivity contribution in [2.24, 2.45) is 4.36 Å². The highest BCUT2D eigenvalue weighted by Crippen LogP contribution is 2.38. The third kappa shape index (κ3) is 4.46. The van der Waals surface area contributed by atoms with Gasteiger partial charge in [-0.3, -0.25) is 19.1 Å². The molecule has 3 heterocycles. The summed E-state index contributed by atoms with van der Waals surface area (Å²) in [6.07, 6.45) is 2.16. The van der Waals surface area contributed by atoms with Gasteiger partial charge in [-0.05, 0) is 41.8 Å². The molecule has 3 aromatic heterocycles. The van der Waals surface area contributed by atoms with Gasteiger partial charge in [-0.1, -0.05) is 54.6 Å². The van der Waals surface area contributed by atoms with E-state index in [4.69, 9.17) is 22.1 Å². The molecular weight excluding hydrogens is 510 g/mol. The maximum atomic E-state index is 13.4. The van der Waals surface area contributed by atoms with Crippen LogP contribution in [-0.4, -0.2) is 31.5 Å². The summed E-state index contributed by atoms with van der Waals surface area (Å²) in [5.74, 6) is 0.703. The Morgan fingerprint density at radius 3 is 2.54 bits per heavy atom. The first kappa shape index (κ1) is 24.6. The van der Waals surface area contributed by atoms with Crippen molar-refractivity contribution in [3.8, 4) is 22.9 Å². The topological polar surface area (TPSA) is 97.4 Å².